The summed E-state index contributed by atoms with van der Waals surface area (Å²) in [7, 11) is 0. The molecule has 0 saturated carbocycles. The maximum absolute atomic E-state index is 12.8. The fraction of sp³-hybridized carbons (Fsp3) is 0.381. The van der Waals surface area contributed by atoms with Crippen molar-refractivity contribution in [2.45, 2.75) is 19.6 Å². The highest BCUT2D eigenvalue weighted by atomic mass is 16.6. The highest BCUT2D eigenvalue weighted by Gasteiger charge is 2.33. The molecule has 4 rings (SSSR count). The number of nitrogens with zero attached hydrogens (tertiary/aromatic N) is 1. The number of benzene rings is 2. The van der Waals surface area contributed by atoms with Crippen molar-refractivity contribution in [2.24, 2.45) is 0 Å². The van der Waals surface area contributed by atoms with E-state index in [-0.39, 0.29) is 12.5 Å². The summed E-state index contributed by atoms with van der Waals surface area (Å²) < 4.78 is 11.5. The van der Waals surface area contributed by atoms with Crippen LogP contribution in [0.1, 0.15) is 11.1 Å². The number of quaternary nitrogens is 1. The van der Waals surface area contributed by atoms with E-state index < -0.39 is 6.10 Å². The minimum Gasteiger partial charge on any atom is -0.485 e. The van der Waals surface area contributed by atoms with Gasteiger partial charge in [0.25, 0.3) is 5.91 Å². The Labute approximate surface area is 154 Å². The zero-order chi connectivity index (χ0) is 17.9. The minimum atomic E-state index is -0.538. The number of para-hydroxylation sites is 2. The van der Waals surface area contributed by atoms with Gasteiger partial charge in [-0.05, 0) is 19.1 Å². The summed E-state index contributed by atoms with van der Waals surface area (Å²) in [5.74, 6) is 1.40. The van der Waals surface area contributed by atoms with Gasteiger partial charge in [-0.1, -0.05) is 42.0 Å². The van der Waals surface area contributed by atoms with Gasteiger partial charge in [0.1, 0.15) is 13.2 Å². The van der Waals surface area contributed by atoms with Crippen molar-refractivity contribution >= 4 is 5.91 Å². The SMILES string of the molecule is Cc1ccc(C[NH+]2CCN(C(=O)[C@H]3COc4ccccc4O3)CC2)cc1. The highest BCUT2D eigenvalue weighted by molar-refractivity contribution is 5.82. The first-order chi connectivity index (χ1) is 12.7. The smallest absolute Gasteiger partial charge is 0.267 e. The Kier molecular flexibility index (Phi) is 4.80. The normalized spacial score (nSPS) is 20.0. The number of hydrogen-bond acceptors (Lipinski definition) is 3. The van der Waals surface area contributed by atoms with Gasteiger partial charge in [0.15, 0.2) is 11.5 Å². The number of carbonyl (C=O) groups is 1. The van der Waals surface area contributed by atoms with Gasteiger partial charge in [-0.25, -0.2) is 0 Å². The van der Waals surface area contributed by atoms with Crippen molar-refractivity contribution in [1.82, 2.24) is 4.90 Å². The van der Waals surface area contributed by atoms with E-state index in [0.717, 1.165) is 32.7 Å². The van der Waals surface area contributed by atoms with E-state index in [0.29, 0.717) is 11.5 Å². The molecular formula is C21H25N2O3+. The molecular weight excluding hydrogens is 328 g/mol. The van der Waals surface area contributed by atoms with Crippen LogP contribution in [0, 0.1) is 6.92 Å². The molecule has 5 nitrogen and oxygen atoms in total. The van der Waals surface area contributed by atoms with Crippen LogP contribution in [0.3, 0.4) is 0 Å². The summed E-state index contributed by atoms with van der Waals surface area (Å²) in [5.41, 5.74) is 2.64. The molecule has 0 bridgehead atoms. The average Bonchev–Trinajstić information content (AvgIpc) is 2.69. The second kappa shape index (κ2) is 7.38. The van der Waals surface area contributed by atoms with Crippen LogP contribution in [0.5, 0.6) is 11.5 Å². The molecule has 5 heteroatoms. The lowest BCUT2D eigenvalue weighted by Crippen LogP contribution is -3.13. The molecule has 1 amide bonds. The Balaban J connectivity index is 1.30. The van der Waals surface area contributed by atoms with E-state index in [1.807, 2.05) is 29.2 Å². The van der Waals surface area contributed by atoms with Crippen molar-refractivity contribution in [1.29, 1.82) is 0 Å². The van der Waals surface area contributed by atoms with Gasteiger partial charge in [-0.15, -0.1) is 0 Å². The zero-order valence-corrected chi connectivity index (χ0v) is 15.1. The molecule has 2 aromatic carbocycles. The standard InChI is InChI=1S/C21H24N2O3/c1-16-6-8-17(9-7-16)14-22-10-12-23(13-11-22)21(24)20-15-25-18-4-2-3-5-19(18)26-20/h2-9,20H,10-15H2,1H3/p+1/t20-/m1/s1. The monoisotopic (exact) mass is 353 g/mol. The number of piperazine rings is 1. The third kappa shape index (κ3) is 3.68. The number of amides is 1. The van der Waals surface area contributed by atoms with Gasteiger partial charge in [0.05, 0.1) is 26.2 Å². The first-order valence-corrected chi connectivity index (χ1v) is 9.25. The van der Waals surface area contributed by atoms with E-state index in [1.54, 1.807) is 0 Å². The number of fused-ring (bicyclic) bond motifs is 1. The average molecular weight is 353 g/mol. The third-order valence-electron chi connectivity index (χ3n) is 5.14. The molecule has 1 fully saturated rings. The molecule has 0 spiro atoms. The van der Waals surface area contributed by atoms with Crippen LogP contribution < -0.4 is 14.4 Å². The molecule has 1 N–H and O–H groups in total. The largest absolute Gasteiger partial charge is 0.485 e. The Morgan fingerprint density at radius 3 is 2.50 bits per heavy atom. The van der Waals surface area contributed by atoms with Gasteiger partial charge in [-0.2, -0.15) is 0 Å². The number of nitrogens with one attached hydrogen (secondary N) is 1. The second-order valence-corrected chi connectivity index (χ2v) is 7.10. The molecule has 26 heavy (non-hydrogen) atoms. The van der Waals surface area contributed by atoms with Crippen molar-refractivity contribution < 1.29 is 19.2 Å². The minimum absolute atomic E-state index is 0.0360. The van der Waals surface area contributed by atoms with Crippen molar-refractivity contribution in [2.75, 3.05) is 32.8 Å². The Morgan fingerprint density at radius 1 is 1.08 bits per heavy atom. The molecule has 0 aliphatic carbocycles. The molecule has 0 aromatic heterocycles. The van der Waals surface area contributed by atoms with Gasteiger partial charge in [-0.3, -0.25) is 4.79 Å². The first kappa shape index (κ1) is 16.9. The Morgan fingerprint density at radius 2 is 1.77 bits per heavy atom. The number of ether oxygens (including phenoxy) is 2. The summed E-state index contributed by atoms with van der Waals surface area (Å²) in [6.45, 7) is 6.86. The molecule has 0 unspecified atom stereocenters. The lowest BCUT2D eigenvalue weighted by molar-refractivity contribution is -0.917. The predicted octanol–water partition coefficient (Wildman–Crippen LogP) is 1.06. The topological polar surface area (TPSA) is 43.2 Å². The zero-order valence-electron chi connectivity index (χ0n) is 15.1. The quantitative estimate of drug-likeness (QED) is 0.897. The first-order valence-electron chi connectivity index (χ1n) is 9.25. The summed E-state index contributed by atoms with van der Waals surface area (Å²) in [6, 6.07) is 16.2. The third-order valence-corrected chi connectivity index (χ3v) is 5.14. The van der Waals surface area contributed by atoms with Gasteiger partial charge in [0.2, 0.25) is 6.10 Å². The molecule has 1 saturated heterocycles. The number of aryl methyl sites for hydroxylation is 1. The van der Waals surface area contributed by atoms with Gasteiger partial charge >= 0.3 is 0 Å². The number of hydrogen-bond donors (Lipinski definition) is 1. The fourth-order valence-electron chi connectivity index (χ4n) is 3.56. The summed E-state index contributed by atoms with van der Waals surface area (Å²) in [5, 5.41) is 0. The van der Waals surface area contributed by atoms with Crippen molar-refractivity contribution in [3.63, 3.8) is 0 Å². The van der Waals surface area contributed by atoms with E-state index in [4.69, 9.17) is 9.47 Å². The summed E-state index contributed by atoms with van der Waals surface area (Å²) in [6.07, 6.45) is -0.538. The molecule has 1 atom stereocenters. The molecule has 136 valence electrons. The van der Waals surface area contributed by atoms with Crippen LogP contribution in [-0.4, -0.2) is 49.7 Å². The van der Waals surface area contributed by atoms with Crippen LogP contribution in [0.15, 0.2) is 48.5 Å². The second-order valence-electron chi connectivity index (χ2n) is 7.10. The van der Waals surface area contributed by atoms with E-state index in [2.05, 4.69) is 31.2 Å². The maximum atomic E-state index is 12.8. The van der Waals surface area contributed by atoms with Crippen LogP contribution in [0.4, 0.5) is 0 Å². The molecule has 2 heterocycles. The van der Waals surface area contributed by atoms with E-state index >= 15 is 0 Å². The van der Waals surface area contributed by atoms with Gasteiger partial charge < -0.3 is 19.3 Å². The molecule has 2 aliphatic rings. The molecule has 2 aliphatic heterocycles. The van der Waals surface area contributed by atoms with Gasteiger partial charge in [0, 0.05) is 5.56 Å². The molecule has 0 radical (unpaired) electrons. The van der Waals surface area contributed by atoms with Crippen LogP contribution in [0.25, 0.3) is 0 Å². The fourth-order valence-corrected chi connectivity index (χ4v) is 3.56. The Bertz CT molecular complexity index is 767. The lowest BCUT2D eigenvalue weighted by atomic mass is 10.1. The predicted molar refractivity (Wildman–Crippen MR) is 98.5 cm³/mol. The van der Waals surface area contributed by atoms with Crippen molar-refractivity contribution in [3.05, 3.63) is 59.7 Å². The number of rotatable bonds is 3. The lowest BCUT2D eigenvalue weighted by Gasteiger charge is -2.35. The highest BCUT2D eigenvalue weighted by Crippen LogP contribution is 2.31. The van der Waals surface area contributed by atoms with Crippen LogP contribution in [-0.2, 0) is 11.3 Å². The summed E-state index contributed by atoms with van der Waals surface area (Å²) >= 11 is 0. The van der Waals surface area contributed by atoms with E-state index in [1.165, 1.54) is 16.0 Å². The number of carbonyl (C=O) groups excluding carboxylic acids is 1. The van der Waals surface area contributed by atoms with E-state index in [9.17, 15) is 4.79 Å². The van der Waals surface area contributed by atoms with Crippen LogP contribution in [0.2, 0.25) is 0 Å². The van der Waals surface area contributed by atoms with Crippen molar-refractivity contribution in [3.8, 4) is 11.5 Å². The maximum Gasteiger partial charge on any atom is 0.267 e. The molecule has 2 aromatic rings. The van der Waals surface area contributed by atoms with Crippen LogP contribution >= 0.6 is 0 Å². The summed E-state index contributed by atoms with van der Waals surface area (Å²) in [4.78, 5) is 16.2. The Hall–Kier alpha value is -2.53.